The third-order valence-electron chi connectivity index (χ3n) is 2.85. The van der Waals surface area contributed by atoms with Gasteiger partial charge in [0.25, 0.3) is 0 Å². The van der Waals surface area contributed by atoms with E-state index in [1.54, 1.807) is 10.9 Å². The average Bonchev–Trinajstić information content (AvgIpc) is 2.94. The van der Waals surface area contributed by atoms with Gasteiger partial charge in [-0.25, -0.2) is 9.97 Å². The first-order valence-electron chi connectivity index (χ1n) is 6.23. The summed E-state index contributed by atoms with van der Waals surface area (Å²) in [4.78, 5) is 8.80. The molecule has 1 N–H and O–H groups in total. The Hall–Kier alpha value is -2.37. The standard InChI is InChI=1S/C13H16N6/c1-9(2)17-12-13-15-7-11(19(13)5-4-14-12)10-6-16-18(3)8-10/h4-9H,1-3H3,(H,14,17). The Labute approximate surface area is 111 Å². The third-order valence-corrected chi connectivity index (χ3v) is 2.85. The van der Waals surface area contributed by atoms with Crippen LogP contribution in [0.2, 0.25) is 0 Å². The highest BCUT2D eigenvalue weighted by molar-refractivity contribution is 5.70. The summed E-state index contributed by atoms with van der Waals surface area (Å²) in [6.45, 7) is 4.16. The summed E-state index contributed by atoms with van der Waals surface area (Å²) in [6, 6.07) is 0.317. The maximum Gasteiger partial charge on any atom is 0.180 e. The molecule has 0 aliphatic rings. The molecular formula is C13H16N6. The summed E-state index contributed by atoms with van der Waals surface area (Å²) in [5.41, 5.74) is 2.88. The molecular weight excluding hydrogens is 240 g/mol. The number of rotatable bonds is 3. The quantitative estimate of drug-likeness (QED) is 0.778. The van der Waals surface area contributed by atoms with Crippen LogP contribution in [0.15, 0.2) is 31.0 Å². The molecule has 0 fully saturated rings. The van der Waals surface area contributed by atoms with E-state index in [4.69, 9.17) is 0 Å². The van der Waals surface area contributed by atoms with E-state index in [0.717, 1.165) is 22.7 Å². The van der Waals surface area contributed by atoms with Crippen LogP contribution in [-0.4, -0.2) is 30.2 Å². The molecule has 0 amide bonds. The number of aryl methyl sites for hydroxylation is 1. The van der Waals surface area contributed by atoms with E-state index < -0.39 is 0 Å². The van der Waals surface area contributed by atoms with E-state index in [0.29, 0.717) is 6.04 Å². The lowest BCUT2D eigenvalue weighted by molar-refractivity contribution is 0.768. The van der Waals surface area contributed by atoms with Crippen molar-refractivity contribution in [2.24, 2.45) is 7.05 Å². The van der Waals surface area contributed by atoms with Gasteiger partial charge in [0.2, 0.25) is 0 Å². The Bertz CT molecular complexity index is 709. The van der Waals surface area contributed by atoms with E-state index in [1.807, 2.05) is 36.2 Å². The maximum atomic E-state index is 4.46. The Morgan fingerprint density at radius 2 is 2.05 bits per heavy atom. The smallest absolute Gasteiger partial charge is 0.180 e. The molecule has 0 radical (unpaired) electrons. The van der Waals surface area contributed by atoms with Gasteiger partial charge >= 0.3 is 0 Å². The zero-order valence-corrected chi connectivity index (χ0v) is 11.2. The van der Waals surface area contributed by atoms with Crippen molar-refractivity contribution in [3.8, 4) is 11.3 Å². The van der Waals surface area contributed by atoms with Crippen molar-refractivity contribution in [2.75, 3.05) is 5.32 Å². The van der Waals surface area contributed by atoms with Gasteiger partial charge in [0.1, 0.15) is 0 Å². The summed E-state index contributed by atoms with van der Waals surface area (Å²) < 4.78 is 3.80. The van der Waals surface area contributed by atoms with E-state index >= 15 is 0 Å². The lowest BCUT2D eigenvalue weighted by atomic mass is 10.3. The summed E-state index contributed by atoms with van der Waals surface area (Å²) in [6.07, 6.45) is 9.34. The van der Waals surface area contributed by atoms with Crippen molar-refractivity contribution in [2.45, 2.75) is 19.9 Å². The Morgan fingerprint density at radius 3 is 2.74 bits per heavy atom. The van der Waals surface area contributed by atoms with E-state index in [-0.39, 0.29) is 0 Å². The molecule has 0 unspecified atom stereocenters. The second kappa shape index (κ2) is 4.38. The van der Waals surface area contributed by atoms with Crippen molar-refractivity contribution in [1.82, 2.24) is 24.1 Å². The second-order valence-electron chi connectivity index (χ2n) is 4.81. The number of imidazole rings is 1. The van der Waals surface area contributed by atoms with Crippen LogP contribution in [0.4, 0.5) is 5.82 Å². The second-order valence-corrected chi connectivity index (χ2v) is 4.81. The zero-order chi connectivity index (χ0) is 13.4. The molecule has 3 aromatic rings. The van der Waals surface area contributed by atoms with Gasteiger partial charge in [0, 0.05) is 37.2 Å². The predicted molar refractivity (Wildman–Crippen MR) is 73.9 cm³/mol. The zero-order valence-electron chi connectivity index (χ0n) is 11.2. The van der Waals surface area contributed by atoms with Crippen molar-refractivity contribution < 1.29 is 0 Å². The molecule has 0 aliphatic heterocycles. The van der Waals surface area contributed by atoms with Gasteiger partial charge in [-0.3, -0.25) is 9.08 Å². The number of aromatic nitrogens is 5. The molecule has 19 heavy (non-hydrogen) atoms. The highest BCUT2D eigenvalue weighted by Gasteiger charge is 2.11. The van der Waals surface area contributed by atoms with Crippen LogP contribution in [0.3, 0.4) is 0 Å². The SMILES string of the molecule is CC(C)Nc1nccn2c(-c3cnn(C)c3)cnc12. The molecule has 3 rings (SSSR count). The third kappa shape index (κ3) is 2.05. The summed E-state index contributed by atoms with van der Waals surface area (Å²) in [7, 11) is 1.90. The largest absolute Gasteiger partial charge is 0.365 e. The van der Waals surface area contributed by atoms with Gasteiger partial charge in [-0.05, 0) is 13.8 Å². The molecule has 3 heterocycles. The Morgan fingerprint density at radius 1 is 1.21 bits per heavy atom. The molecule has 0 bridgehead atoms. The Kier molecular flexibility index (Phi) is 2.70. The first kappa shape index (κ1) is 11.7. The highest BCUT2D eigenvalue weighted by Crippen LogP contribution is 2.22. The molecule has 3 aromatic heterocycles. The molecule has 98 valence electrons. The normalized spacial score (nSPS) is 11.4. The summed E-state index contributed by atoms with van der Waals surface area (Å²) in [5.74, 6) is 0.799. The van der Waals surface area contributed by atoms with Gasteiger partial charge < -0.3 is 5.32 Å². The monoisotopic (exact) mass is 256 g/mol. The van der Waals surface area contributed by atoms with Crippen LogP contribution in [0.25, 0.3) is 16.9 Å². The van der Waals surface area contributed by atoms with E-state index in [1.165, 1.54) is 0 Å². The average molecular weight is 256 g/mol. The van der Waals surface area contributed by atoms with Crippen molar-refractivity contribution in [3.05, 3.63) is 31.0 Å². The fourth-order valence-electron chi connectivity index (χ4n) is 2.06. The number of hydrogen-bond donors (Lipinski definition) is 1. The van der Waals surface area contributed by atoms with Crippen molar-refractivity contribution in [1.29, 1.82) is 0 Å². The molecule has 0 spiro atoms. The number of anilines is 1. The molecule has 0 saturated carbocycles. The number of nitrogens with one attached hydrogen (secondary N) is 1. The molecule has 6 nitrogen and oxygen atoms in total. The Balaban J connectivity index is 2.14. The maximum absolute atomic E-state index is 4.46. The first-order chi connectivity index (χ1) is 9.15. The molecule has 6 heteroatoms. The van der Waals surface area contributed by atoms with Crippen LogP contribution < -0.4 is 5.32 Å². The fraction of sp³-hybridized carbons (Fsp3) is 0.308. The number of nitrogens with zero attached hydrogens (tertiary/aromatic N) is 5. The van der Waals surface area contributed by atoms with Gasteiger partial charge in [-0.2, -0.15) is 5.10 Å². The molecule has 0 aromatic carbocycles. The fourth-order valence-corrected chi connectivity index (χ4v) is 2.06. The van der Waals surface area contributed by atoms with Crippen molar-refractivity contribution in [3.63, 3.8) is 0 Å². The first-order valence-corrected chi connectivity index (χ1v) is 6.23. The predicted octanol–water partition coefficient (Wildman–Crippen LogP) is 1.95. The lowest BCUT2D eigenvalue weighted by Gasteiger charge is -2.09. The van der Waals surface area contributed by atoms with Crippen LogP contribution in [0, 0.1) is 0 Å². The topological polar surface area (TPSA) is 60.0 Å². The van der Waals surface area contributed by atoms with Gasteiger partial charge in [-0.1, -0.05) is 0 Å². The van der Waals surface area contributed by atoms with Crippen LogP contribution in [0.1, 0.15) is 13.8 Å². The molecule has 0 atom stereocenters. The van der Waals surface area contributed by atoms with Crippen molar-refractivity contribution >= 4 is 11.5 Å². The van der Waals surface area contributed by atoms with E-state index in [2.05, 4.69) is 34.2 Å². The lowest BCUT2D eigenvalue weighted by Crippen LogP contribution is -2.12. The van der Waals surface area contributed by atoms with Gasteiger partial charge in [0.15, 0.2) is 11.5 Å². The molecule has 0 aliphatic carbocycles. The summed E-state index contributed by atoms with van der Waals surface area (Å²) in [5, 5.41) is 7.50. The van der Waals surface area contributed by atoms with Gasteiger partial charge in [0.05, 0.1) is 18.1 Å². The number of fused-ring (bicyclic) bond motifs is 1. The summed E-state index contributed by atoms with van der Waals surface area (Å²) >= 11 is 0. The minimum Gasteiger partial charge on any atom is -0.365 e. The minimum atomic E-state index is 0.317. The molecule has 0 saturated heterocycles. The highest BCUT2D eigenvalue weighted by atomic mass is 15.2. The van der Waals surface area contributed by atoms with Crippen LogP contribution >= 0.6 is 0 Å². The number of hydrogen-bond acceptors (Lipinski definition) is 4. The van der Waals surface area contributed by atoms with Crippen LogP contribution in [0.5, 0.6) is 0 Å². The van der Waals surface area contributed by atoms with Crippen LogP contribution in [-0.2, 0) is 7.05 Å². The van der Waals surface area contributed by atoms with E-state index in [9.17, 15) is 0 Å². The minimum absolute atomic E-state index is 0.317. The van der Waals surface area contributed by atoms with Gasteiger partial charge in [-0.15, -0.1) is 0 Å².